The molecule has 45 heavy (non-hydrogen) atoms. The number of nitrogens with zero attached hydrogens (tertiary/aromatic N) is 5. The number of carbonyl (C=O) groups is 1. The van der Waals surface area contributed by atoms with Crippen LogP contribution in [0.25, 0.3) is 11.4 Å². The van der Waals surface area contributed by atoms with E-state index >= 15 is 0 Å². The second kappa shape index (κ2) is 12.9. The summed E-state index contributed by atoms with van der Waals surface area (Å²) in [6.07, 6.45) is 9.40. The van der Waals surface area contributed by atoms with Crippen LogP contribution in [0.15, 0.2) is 48.8 Å². The van der Waals surface area contributed by atoms with Gasteiger partial charge in [0.1, 0.15) is 5.75 Å². The van der Waals surface area contributed by atoms with Crippen molar-refractivity contribution in [1.82, 2.24) is 19.4 Å². The highest BCUT2D eigenvalue weighted by Gasteiger charge is 2.28. The first-order valence-electron chi connectivity index (χ1n) is 16.1. The molecule has 0 spiro atoms. The van der Waals surface area contributed by atoms with E-state index in [0.717, 1.165) is 108 Å². The molecule has 6 rings (SSSR count). The zero-order valence-corrected chi connectivity index (χ0v) is 27.4. The number of amides is 1. The van der Waals surface area contributed by atoms with Crippen LogP contribution < -0.4 is 20.3 Å². The minimum absolute atomic E-state index is 0.0749. The third kappa shape index (κ3) is 6.01. The number of anilines is 4. The first-order chi connectivity index (χ1) is 21.8. The fourth-order valence-electron chi connectivity index (χ4n) is 6.87. The van der Waals surface area contributed by atoms with E-state index in [2.05, 4.69) is 83.7 Å². The quantitative estimate of drug-likeness (QED) is 0.233. The van der Waals surface area contributed by atoms with E-state index in [9.17, 15) is 4.79 Å². The van der Waals surface area contributed by atoms with Crippen molar-refractivity contribution >= 4 is 28.9 Å². The third-order valence-electron chi connectivity index (χ3n) is 9.49. The monoisotopic (exact) mass is 607 g/mol. The largest absolute Gasteiger partial charge is 0.494 e. The topological polar surface area (TPSA) is 87.6 Å². The molecule has 0 atom stereocenters. The van der Waals surface area contributed by atoms with Gasteiger partial charge >= 0.3 is 0 Å². The molecule has 1 saturated heterocycles. The molecule has 2 aromatic heterocycles. The minimum atomic E-state index is -0.0749. The van der Waals surface area contributed by atoms with Crippen LogP contribution in [0.1, 0.15) is 59.3 Å². The van der Waals surface area contributed by atoms with Crippen LogP contribution in [-0.4, -0.2) is 65.7 Å². The lowest BCUT2D eigenvalue weighted by Crippen LogP contribution is -2.41. The zero-order valence-electron chi connectivity index (χ0n) is 27.4. The number of piperidine rings is 1. The van der Waals surface area contributed by atoms with Gasteiger partial charge in [0, 0.05) is 56.0 Å². The third-order valence-corrected chi connectivity index (χ3v) is 9.49. The second-order valence-corrected chi connectivity index (χ2v) is 12.4. The maximum atomic E-state index is 13.7. The molecule has 9 nitrogen and oxygen atoms in total. The van der Waals surface area contributed by atoms with E-state index in [1.54, 1.807) is 7.11 Å². The van der Waals surface area contributed by atoms with Crippen molar-refractivity contribution in [2.45, 2.75) is 58.4 Å². The van der Waals surface area contributed by atoms with Crippen LogP contribution in [-0.2, 0) is 32.7 Å². The highest BCUT2D eigenvalue weighted by Crippen LogP contribution is 2.37. The SMILES string of the molecule is CCc1cccc(CC)c1NC(=O)c1cn(C)c2c1CCc1cnc(Nc3ccc(N4CCC(N(C)C)CC4)cc3OC)nc1-2. The summed E-state index contributed by atoms with van der Waals surface area (Å²) >= 11 is 0. The molecule has 4 aromatic rings. The van der Waals surface area contributed by atoms with Gasteiger partial charge < -0.3 is 29.7 Å². The number of carbonyl (C=O) groups excluding carboxylic acids is 1. The van der Waals surface area contributed by atoms with Crippen LogP contribution in [0.4, 0.5) is 23.0 Å². The molecule has 0 saturated carbocycles. The van der Waals surface area contributed by atoms with E-state index in [1.807, 2.05) is 30.1 Å². The molecule has 0 bridgehead atoms. The fourth-order valence-corrected chi connectivity index (χ4v) is 6.87. The standard InChI is InChI=1S/C36H45N7O2/c1-7-23-10-9-11-24(8-2)32(23)39-35(44)29-22-42(5)34-28(29)14-12-25-21-37-36(40-33(25)34)38-30-15-13-27(20-31(30)45-6)43-18-16-26(17-19-43)41(3)4/h9-11,13,15,20-22,26H,7-8,12,14,16-19H2,1-6H3,(H,39,44)(H,37,38,40). The Bertz CT molecular complexity index is 1680. The van der Waals surface area contributed by atoms with E-state index in [0.29, 0.717) is 17.6 Å². The van der Waals surface area contributed by atoms with Gasteiger partial charge in [-0.25, -0.2) is 9.97 Å². The fraction of sp³-hybridized carbons (Fsp3) is 0.417. The summed E-state index contributed by atoms with van der Waals surface area (Å²) in [6, 6.07) is 13.2. The van der Waals surface area contributed by atoms with E-state index in [-0.39, 0.29) is 5.91 Å². The number of benzene rings is 2. The molecule has 2 N–H and O–H groups in total. The average Bonchev–Trinajstić information content (AvgIpc) is 3.41. The van der Waals surface area contributed by atoms with Crippen LogP contribution >= 0.6 is 0 Å². The Hall–Kier alpha value is -4.37. The molecule has 2 aliphatic rings. The van der Waals surface area contributed by atoms with Gasteiger partial charge in [0.05, 0.1) is 29.7 Å². The van der Waals surface area contributed by atoms with Crippen LogP contribution in [0.3, 0.4) is 0 Å². The predicted molar refractivity (Wildman–Crippen MR) is 182 cm³/mol. The molecule has 0 unspecified atom stereocenters. The van der Waals surface area contributed by atoms with Crippen molar-refractivity contribution in [3.63, 3.8) is 0 Å². The number of hydrogen-bond donors (Lipinski definition) is 2. The van der Waals surface area contributed by atoms with Crippen molar-refractivity contribution in [3.05, 3.63) is 76.6 Å². The Morgan fingerprint density at radius 2 is 1.80 bits per heavy atom. The van der Waals surface area contributed by atoms with Crippen LogP contribution in [0, 0.1) is 0 Å². The van der Waals surface area contributed by atoms with Crippen molar-refractivity contribution in [2.75, 3.05) is 49.8 Å². The summed E-state index contributed by atoms with van der Waals surface area (Å²) in [6.45, 7) is 6.29. The predicted octanol–water partition coefficient (Wildman–Crippen LogP) is 6.24. The van der Waals surface area contributed by atoms with Gasteiger partial charge in [-0.05, 0) is 87.0 Å². The molecule has 0 radical (unpaired) electrons. The summed E-state index contributed by atoms with van der Waals surface area (Å²) in [4.78, 5) is 28.1. The van der Waals surface area contributed by atoms with Crippen LogP contribution in [0.5, 0.6) is 5.75 Å². The number of rotatable bonds is 9. The van der Waals surface area contributed by atoms with Crippen molar-refractivity contribution in [2.24, 2.45) is 7.05 Å². The Balaban J connectivity index is 1.25. The number of nitrogens with one attached hydrogen (secondary N) is 2. The highest BCUT2D eigenvalue weighted by molar-refractivity contribution is 6.07. The smallest absolute Gasteiger partial charge is 0.257 e. The first kappa shape index (κ1) is 30.6. The lowest BCUT2D eigenvalue weighted by Gasteiger charge is -2.36. The van der Waals surface area contributed by atoms with Gasteiger partial charge in [-0.1, -0.05) is 32.0 Å². The Labute approximate surface area is 266 Å². The van der Waals surface area contributed by atoms with Gasteiger partial charge in [0.25, 0.3) is 5.91 Å². The summed E-state index contributed by atoms with van der Waals surface area (Å²) < 4.78 is 7.83. The van der Waals surface area contributed by atoms with Gasteiger partial charge in [0.15, 0.2) is 0 Å². The second-order valence-electron chi connectivity index (χ2n) is 12.4. The number of para-hydroxylation sites is 1. The Morgan fingerprint density at radius 3 is 2.47 bits per heavy atom. The molecule has 2 aromatic carbocycles. The lowest BCUT2D eigenvalue weighted by atomic mass is 9.92. The molecule has 1 amide bonds. The summed E-state index contributed by atoms with van der Waals surface area (Å²) in [5, 5.41) is 6.66. The zero-order chi connectivity index (χ0) is 31.7. The van der Waals surface area contributed by atoms with Gasteiger partial charge in [-0.15, -0.1) is 0 Å². The number of aryl methyl sites for hydroxylation is 4. The Morgan fingerprint density at radius 1 is 1.07 bits per heavy atom. The van der Waals surface area contributed by atoms with Gasteiger partial charge in [-0.3, -0.25) is 4.79 Å². The highest BCUT2D eigenvalue weighted by atomic mass is 16.5. The Kier molecular flexibility index (Phi) is 8.81. The molecule has 9 heteroatoms. The van der Waals surface area contributed by atoms with Crippen molar-refractivity contribution in [1.29, 1.82) is 0 Å². The molecule has 1 fully saturated rings. The maximum absolute atomic E-state index is 13.7. The molecule has 1 aliphatic carbocycles. The number of methoxy groups -OCH3 is 1. The van der Waals surface area contributed by atoms with E-state index in [1.165, 1.54) is 0 Å². The number of hydrogen-bond acceptors (Lipinski definition) is 7. The lowest BCUT2D eigenvalue weighted by molar-refractivity contribution is 0.102. The first-order valence-corrected chi connectivity index (χ1v) is 16.1. The van der Waals surface area contributed by atoms with Crippen molar-refractivity contribution < 1.29 is 9.53 Å². The molecular formula is C36H45N7O2. The number of fused-ring (bicyclic) bond motifs is 3. The van der Waals surface area contributed by atoms with Crippen LogP contribution in [0.2, 0.25) is 0 Å². The summed E-state index contributed by atoms with van der Waals surface area (Å²) in [5.74, 6) is 1.17. The molecular weight excluding hydrogens is 562 g/mol. The van der Waals surface area contributed by atoms with Gasteiger partial charge in [0.2, 0.25) is 5.95 Å². The molecule has 236 valence electrons. The molecule has 3 heterocycles. The number of ether oxygens (including phenoxy) is 1. The average molecular weight is 608 g/mol. The normalized spacial score (nSPS) is 14.7. The van der Waals surface area contributed by atoms with E-state index < -0.39 is 0 Å². The van der Waals surface area contributed by atoms with Gasteiger partial charge in [-0.2, -0.15) is 0 Å². The molecule has 1 aliphatic heterocycles. The minimum Gasteiger partial charge on any atom is -0.494 e. The number of aromatic nitrogens is 3. The summed E-state index contributed by atoms with van der Waals surface area (Å²) in [5.41, 5.74) is 9.85. The summed E-state index contributed by atoms with van der Waals surface area (Å²) in [7, 11) is 8.01. The maximum Gasteiger partial charge on any atom is 0.257 e. The van der Waals surface area contributed by atoms with Crippen molar-refractivity contribution in [3.8, 4) is 17.1 Å². The van der Waals surface area contributed by atoms with E-state index in [4.69, 9.17) is 9.72 Å².